The van der Waals surface area contributed by atoms with Crippen molar-refractivity contribution in [2.24, 2.45) is 0 Å². The van der Waals surface area contributed by atoms with E-state index in [9.17, 15) is 0 Å². The summed E-state index contributed by atoms with van der Waals surface area (Å²) >= 11 is 0. The van der Waals surface area contributed by atoms with E-state index in [0.717, 1.165) is 11.3 Å². The summed E-state index contributed by atoms with van der Waals surface area (Å²) in [5, 5.41) is 0. The summed E-state index contributed by atoms with van der Waals surface area (Å²) < 4.78 is 7.61. The van der Waals surface area contributed by atoms with Gasteiger partial charge in [0.2, 0.25) is 0 Å². The van der Waals surface area contributed by atoms with Crippen LogP contribution in [0.5, 0.6) is 5.75 Å². The summed E-state index contributed by atoms with van der Waals surface area (Å²) in [6.45, 7) is 0. The highest BCUT2D eigenvalue weighted by atomic mass is 16.5. The van der Waals surface area contributed by atoms with Crippen LogP contribution in [0.4, 0.5) is 0 Å². The third kappa shape index (κ3) is 2.72. The number of fused-ring (bicyclic) bond motifs is 1. The molecule has 3 nitrogen and oxygen atoms in total. The molecular weight excluding hydrogens is 284 g/mol. The van der Waals surface area contributed by atoms with Gasteiger partial charge >= 0.3 is 0 Å². The molecule has 4 rings (SSSR count). The van der Waals surface area contributed by atoms with Gasteiger partial charge in [-0.1, -0.05) is 37.5 Å². The first-order valence-corrected chi connectivity index (χ1v) is 8.46. The van der Waals surface area contributed by atoms with Crippen molar-refractivity contribution in [3.63, 3.8) is 0 Å². The van der Waals surface area contributed by atoms with Crippen molar-refractivity contribution in [2.45, 2.75) is 38.1 Å². The highest BCUT2D eigenvalue weighted by Gasteiger charge is 2.17. The molecule has 1 saturated carbocycles. The number of ether oxygens (including phenoxy) is 1. The Labute approximate surface area is 136 Å². The number of hydrogen-bond donors (Lipinski definition) is 0. The Morgan fingerprint density at radius 1 is 0.957 bits per heavy atom. The molecule has 0 N–H and O–H groups in total. The molecule has 3 aromatic rings. The first kappa shape index (κ1) is 14.3. The van der Waals surface area contributed by atoms with Crippen LogP contribution in [0.15, 0.2) is 48.8 Å². The van der Waals surface area contributed by atoms with Crippen LogP contribution in [0.1, 0.15) is 38.1 Å². The van der Waals surface area contributed by atoms with Gasteiger partial charge in [-0.05, 0) is 48.2 Å². The molecule has 0 unspecified atom stereocenters. The fourth-order valence-corrected chi connectivity index (χ4v) is 3.64. The van der Waals surface area contributed by atoms with Crippen molar-refractivity contribution in [2.75, 3.05) is 7.11 Å². The molecule has 1 heterocycles. The monoisotopic (exact) mass is 306 g/mol. The Kier molecular flexibility index (Phi) is 3.78. The predicted octanol–water partition coefficient (Wildman–Crippen LogP) is 5.22. The predicted molar refractivity (Wildman–Crippen MR) is 93.8 cm³/mol. The molecule has 1 aliphatic carbocycles. The highest BCUT2D eigenvalue weighted by molar-refractivity contribution is 5.82. The van der Waals surface area contributed by atoms with E-state index < -0.39 is 0 Å². The lowest BCUT2D eigenvalue weighted by Crippen LogP contribution is -2.11. The summed E-state index contributed by atoms with van der Waals surface area (Å²) in [7, 11) is 1.69. The molecule has 0 aliphatic heterocycles. The van der Waals surface area contributed by atoms with E-state index in [1.165, 1.54) is 48.7 Å². The largest absolute Gasteiger partial charge is 0.497 e. The number of methoxy groups -OCH3 is 1. The number of nitrogens with zero attached hydrogens (tertiary/aromatic N) is 2. The van der Waals surface area contributed by atoms with Crippen LogP contribution in [0.25, 0.3) is 22.2 Å². The van der Waals surface area contributed by atoms with Crippen molar-refractivity contribution in [1.82, 2.24) is 9.55 Å². The first-order valence-electron chi connectivity index (χ1n) is 8.46. The smallest absolute Gasteiger partial charge is 0.118 e. The molecule has 3 heteroatoms. The molecule has 118 valence electrons. The number of aromatic nitrogens is 2. The Balaban J connectivity index is 1.68. The third-order valence-electron chi connectivity index (χ3n) is 4.97. The summed E-state index contributed by atoms with van der Waals surface area (Å²) in [6.07, 6.45) is 8.66. The van der Waals surface area contributed by atoms with E-state index in [2.05, 4.69) is 39.9 Å². The Morgan fingerprint density at radius 2 is 1.70 bits per heavy atom. The number of rotatable bonds is 3. The maximum atomic E-state index is 5.23. The molecule has 0 radical (unpaired) electrons. The summed E-state index contributed by atoms with van der Waals surface area (Å²) in [5.74, 6) is 0.886. The lowest BCUT2D eigenvalue weighted by molar-refractivity contribution is 0.359. The molecule has 2 aromatic carbocycles. The Bertz CT molecular complexity index is 798. The maximum Gasteiger partial charge on any atom is 0.118 e. The van der Waals surface area contributed by atoms with E-state index in [1.54, 1.807) is 7.11 Å². The second-order valence-electron chi connectivity index (χ2n) is 6.38. The molecule has 23 heavy (non-hydrogen) atoms. The van der Waals surface area contributed by atoms with Crippen molar-refractivity contribution in [3.8, 4) is 16.9 Å². The molecule has 0 bridgehead atoms. The zero-order valence-electron chi connectivity index (χ0n) is 13.5. The molecule has 0 atom stereocenters. The van der Waals surface area contributed by atoms with Crippen LogP contribution >= 0.6 is 0 Å². The Hall–Kier alpha value is -2.29. The molecule has 1 fully saturated rings. The SMILES string of the molecule is COc1ccc(-c2ccc3c(c2)ncn3C2CCCCC2)cc1. The zero-order valence-corrected chi connectivity index (χ0v) is 13.5. The van der Waals surface area contributed by atoms with Gasteiger partial charge in [0.25, 0.3) is 0 Å². The average Bonchev–Trinajstić information content (AvgIpc) is 3.06. The van der Waals surface area contributed by atoms with E-state index in [0.29, 0.717) is 6.04 Å². The average molecular weight is 306 g/mol. The highest BCUT2D eigenvalue weighted by Crippen LogP contribution is 2.32. The third-order valence-corrected chi connectivity index (χ3v) is 4.97. The molecule has 1 aromatic heterocycles. The van der Waals surface area contributed by atoms with Crippen molar-refractivity contribution in [3.05, 3.63) is 48.8 Å². The first-order chi connectivity index (χ1) is 11.3. The quantitative estimate of drug-likeness (QED) is 0.663. The fourth-order valence-electron chi connectivity index (χ4n) is 3.64. The van der Waals surface area contributed by atoms with Gasteiger partial charge in [0.05, 0.1) is 24.5 Å². The fraction of sp³-hybridized carbons (Fsp3) is 0.350. The molecule has 0 saturated heterocycles. The van der Waals surface area contributed by atoms with Crippen molar-refractivity contribution in [1.29, 1.82) is 0 Å². The summed E-state index contributed by atoms with van der Waals surface area (Å²) in [6, 6.07) is 15.4. The lowest BCUT2D eigenvalue weighted by atomic mass is 9.95. The number of imidazole rings is 1. The minimum absolute atomic E-state index is 0.626. The van der Waals surface area contributed by atoms with Gasteiger partial charge in [0.15, 0.2) is 0 Å². The van der Waals surface area contributed by atoms with Gasteiger partial charge in [-0.3, -0.25) is 0 Å². The minimum atomic E-state index is 0.626. The van der Waals surface area contributed by atoms with Crippen LogP contribution in [-0.2, 0) is 0 Å². The zero-order chi connectivity index (χ0) is 15.6. The van der Waals surface area contributed by atoms with Gasteiger partial charge in [0, 0.05) is 6.04 Å². The number of hydrogen-bond acceptors (Lipinski definition) is 2. The minimum Gasteiger partial charge on any atom is -0.497 e. The van der Waals surface area contributed by atoms with Gasteiger partial charge in [-0.2, -0.15) is 0 Å². The van der Waals surface area contributed by atoms with Crippen LogP contribution in [-0.4, -0.2) is 16.7 Å². The normalized spacial score (nSPS) is 15.9. The summed E-state index contributed by atoms with van der Waals surface area (Å²) in [5.41, 5.74) is 4.74. The molecule has 0 spiro atoms. The van der Waals surface area contributed by atoms with Crippen LogP contribution in [0.2, 0.25) is 0 Å². The van der Waals surface area contributed by atoms with E-state index >= 15 is 0 Å². The van der Waals surface area contributed by atoms with Gasteiger partial charge in [-0.25, -0.2) is 4.98 Å². The van der Waals surface area contributed by atoms with E-state index in [1.807, 2.05) is 18.5 Å². The molecule has 1 aliphatic rings. The van der Waals surface area contributed by atoms with Crippen LogP contribution in [0.3, 0.4) is 0 Å². The second kappa shape index (κ2) is 6.07. The van der Waals surface area contributed by atoms with Gasteiger partial charge in [0.1, 0.15) is 5.75 Å². The van der Waals surface area contributed by atoms with Gasteiger partial charge in [-0.15, -0.1) is 0 Å². The van der Waals surface area contributed by atoms with E-state index in [4.69, 9.17) is 4.74 Å². The maximum absolute atomic E-state index is 5.23. The van der Waals surface area contributed by atoms with Crippen molar-refractivity contribution >= 4 is 11.0 Å². The standard InChI is InChI=1S/C20H22N2O/c1-23-18-10-7-15(8-11-18)16-9-12-20-19(13-16)21-14-22(20)17-5-3-2-4-6-17/h7-14,17H,2-6H2,1H3. The van der Waals surface area contributed by atoms with Gasteiger partial charge < -0.3 is 9.30 Å². The Morgan fingerprint density at radius 3 is 2.43 bits per heavy atom. The van der Waals surface area contributed by atoms with Crippen molar-refractivity contribution < 1.29 is 4.74 Å². The van der Waals surface area contributed by atoms with Crippen LogP contribution < -0.4 is 4.74 Å². The topological polar surface area (TPSA) is 27.1 Å². The summed E-state index contributed by atoms with van der Waals surface area (Å²) in [4.78, 5) is 4.65. The molecule has 0 amide bonds. The van der Waals surface area contributed by atoms with Crippen LogP contribution in [0, 0.1) is 0 Å². The number of benzene rings is 2. The van der Waals surface area contributed by atoms with E-state index in [-0.39, 0.29) is 0 Å². The lowest BCUT2D eigenvalue weighted by Gasteiger charge is -2.23. The molecular formula is C20H22N2O. The second-order valence-corrected chi connectivity index (χ2v) is 6.38.